The summed E-state index contributed by atoms with van der Waals surface area (Å²) in [7, 11) is 0. The van der Waals surface area contributed by atoms with Crippen LogP contribution >= 0.6 is 0 Å². The SMILES string of the molecule is Nc1ccccc1C(=O)C(O)C(O)C(O)C(O)CO. The van der Waals surface area contributed by atoms with E-state index in [9.17, 15) is 20.1 Å². The highest BCUT2D eigenvalue weighted by molar-refractivity contribution is 6.03. The van der Waals surface area contributed by atoms with Crippen LogP contribution in [0.15, 0.2) is 24.3 Å². The van der Waals surface area contributed by atoms with Gasteiger partial charge in [-0.2, -0.15) is 0 Å². The number of rotatable bonds is 6. The van der Waals surface area contributed by atoms with Crippen molar-refractivity contribution in [2.24, 2.45) is 0 Å². The van der Waals surface area contributed by atoms with Gasteiger partial charge in [0.1, 0.15) is 24.4 Å². The molecule has 1 aromatic carbocycles. The highest BCUT2D eigenvalue weighted by atomic mass is 16.4. The van der Waals surface area contributed by atoms with E-state index in [1.165, 1.54) is 18.2 Å². The van der Waals surface area contributed by atoms with E-state index in [-0.39, 0.29) is 11.3 Å². The van der Waals surface area contributed by atoms with Crippen LogP contribution in [0.5, 0.6) is 0 Å². The Morgan fingerprint density at radius 3 is 2.21 bits per heavy atom. The van der Waals surface area contributed by atoms with Crippen LogP contribution in [-0.4, -0.2) is 62.3 Å². The van der Waals surface area contributed by atoms with E-state index in [0.717, 1.165) is 0 Å². The zero-order valence-corrected chi connectivity index (χ0v) is 10.0. The standard InChI is InChI=1S/C12H17NO6/c13-7-4-2-1-3-6(7)9(16)11(18)12(19)10(17)8(15)5-14/h1-4,8,10-12,14-15,17-19H,5,13H2. The molecule has 0 radical (unpaired) electrons. The first kappa shape index (κ1) is 15.5. The van der Waals surface area contributed by atoms with E-state index in [0.29, 0.717) is 0 Å². The van der Waals surface area contributed by atoms with Gasteiger partial charge in [-0.3, -0.25) is 4.79 Å². The molecule has 1 rings (SSSR count). The third-order valence-electron chi connectivity index (χ3n) is 2.75. The Morgan fingerprint density at radius 2 is 1.68 bits per heavy atom. The lowest BCUT2D eigenvalue weighted by Gasteiger charge is -2.25. The second kappa shape index (κ2) is 6.60. The highest BCUT2D eigenvalue weighted by Crippen LogP contribution is 2.16. The lowest BCUT2D eigenvalue weighted by atomic mass is 9.96. The maximum absolute atomic E-state index is 11.9. The average molecular weight is 271 g/mol. The Kier molecular flexibility index (Phi) is 5.40. The Labute approximate surface area is 109 Å². The number of Topliss-reactive ketones (excluding diaryl/α,β-unsaturated/α-hetero) is 1. The fraction of sp³-hybridized carbons (Fsp3) is 0.417. The molecule has 0 spiro atoms. The molecule has 19 heavy (non-hydrogen) atoms. The van der Waals surface area contributed by atoms with Crippen molar-refractivity contribution in [2.45, 2.75) is 24.4 Å². The van der Waals surface area contributed by atoms with Crippen LogP contribution < -0.4 is 5.73 Å². The van der Waals surface area contributed by atoms with Gasteiger partial charge in [-0.1, -0.05) is 12.1 Å². The zero-order valence-electron chi connectivity index (χ0n) is 10.0. The maximum atomic E-state index is 11.9. The summed E-state index contributed by atoms with van der Waals surface area (Å²) in [6.07, 6.45) is -7.41. The molecule has 4 unspecified atom stereocenters. The third-order valence-corrected chi connectivity index (χ3v) is 2.75. The van der Waals surface area contributed by atoms with Crippen LogP contribution in [0.25, 0.3) is 0 Å². The fourth-order valence-electron chi connectivity index (χ4n) is 1.56. The second-order valence-electron chi connectivity index (χ2n) is 4.13. The molecule has 0 fully saturated rings. The minimum absolute atomic E-state index is 0.000242. The first-order chi connectivity index (χ1) is 8.90. The van der Waals surface area contributed by atoms with Crippen molar-refractivity contribution in [1.29, 1.82) is 0 Å². The molecule has 0 heterocycles. The molecule has 7 nitrogen and oxygen atoms in total. The Balaban J connectivity index is 2.86. The lowest BCUT2D eigenvalue weighted by Crippen LogP contribution is -2.48. The van der Waals surface area contributed by atoms with E-state index in [2.05, 4.69) is 0 Å². The molecule has 106 valence electrons. The van der Waals surface area contributed by atoms with Gasteiger partial charge >= 0.3 is 0 Å². The average Bonchev–Trinajstić information content (AvgIpc) is 2.43. The van der Waals surface area contributed by atoms with Crippen molar-refractivity contribution < 1.29 is 30.3 Å². The van der Waals surface area contributed by atoms with Crippen LogP contribution in [0.3, 0.4) is 0 Å². The summed E-state index contributed by atoms with van der Waals surface area (Å²) in [4.78, 5) is 11.9. The summed E-state index contributed by atoms with van der Waals surface area (Å²) in [5, 5.41) is 46.4. The van der Waals surface area contributed by atoms with Gasteiger partial charge in [0, 0.05) is 11.3 Å². The van der Waals surface area contributed by atoms with Crippen LogP contribution in [0.4, 0.5) is 5.69 Å². The minimum atomic E-state index is -1.96. The van der Waals surface area contributed by atoms with Crippen molar-refractivity contribution in [1.82, 2.24) is 0 Å². The molecule has 4 atom stereocenters. The minimum Gasteiger partial charge on any atom is -0.398 e. The molecule has 0 aliphatic rings. The number of anilines is 1. The monoisotopic (exact) mass is 271 g/mol. The highest BCUT2D eigenvalue weighted by Gasteiger charge is 2.34. The molecular formula is C12H17NO6. The number of aliphatic hydroxyl groups excluding tert-OH is 5. The van der Waals surface area contributed by atoms with E-state index >= 15 is 0 Å². The van der Waals surface area contributed by atoms with Gasteiger partial charge in [-0.15, -0.1) is 0 Å². The molecule has 0 bridgehead atoms. The van der Waals surface area contributed by atoms with Crippen molar-refractivity contribution in [3.8, 4) is 0 Å². The quantitative estimate of drug-likeness (QED) is 0.256. The molecule has 0 aliphatic carbocycles. The van der Waals surface area contributed by atoms with E-state index in [1.807, 2.05) is 0 Å². The Bertz CT molecular complexity index is 438. The molecule has 0 aromatic heterocycles. The predicted molar refractivity (Wildman–Crippen MR) is 66.3 cm³/mol. The summed E-state index contributed by atoms with van der Waals surface area (Å²) in [5.41, 5.74) is 5.68. The summed E-state index contributed by atoms with van der Waals surface area (Å²) in [6.45, 7) is -0.813. The molecule has 0 aliphatic heterocycles. The summed E-state index contributed by atoms with van der Waals surface area (Å²) in [6, 6.07) is 5.94. The molecule has 0 saturated carbocycles. The molecule has 7 N–H and O–H groups in total. The smallest absolute Gasteiger partial charge is 0.196 e. The largest absolute Gasteiger partial charge is 0.398 e. The molecule has 1 aromatic rings. The predicted octanol–water partition coefficient (Wildman–Crippen LogP) is -2.11. The van der Waals surface area contributed by atoms with Gasteiger partial charge in [0.05, 0.1) is 6.61 Å². The Hall–Kier alpha value is -1.51. The third kappa shape index (κ3) is 3.49. The normalized spacial score (nSPS) is 17.5. The summed E-state index contributed by atoms with van der Waals surface area (Å²) >= 11 is 0. The van der Waals surface area contributed by atoms with E-state index < -0.39 is 36.8 Å². The van der Waals surface area contributed by atoms with Gasteiger partial charge in [0.25, 0.3) is 0 Å². The number of nitrogens with two attached hydrogens (primary N) is 1. The van der Waals surface area contributed by atoms with Crippen LogP contribution in [-0.2, 0) is 0 Å². The number of aliphatic hydroxyl groups is 5. The summed E-state index contributed by atoms with van der Waals surface area (Å²) in [5.74, 6) is -0.880. The molecule has 7 heteroatoms. The second-order valence-corrected chi connectivity index (χ2v) is 4.13. The summed E-state index contributed by atoms with van der Waals surface area (Å²) < 4.78 is 0. The molecular weight excluding hydrogens is 254 g/mol. The molecule has 0 saturated heterocycles. The van der Waals surface area contributed by atoms with Gasteiger partial charge < -0.3 is 31.3 Å². The number of para-hydroxylation sites is 1. The first-order valence-corrected chi connectivity index (χ1v) is 5.62. The number of carbonyl (C=O) groups is 1. The van der Waals surface area contributed by atoms with E-state index in [4.69, 9.17) is 15.9 Å². The number of carbonyl (C=O) groups excluding carboxylic acids is 1. The topological polar surface area (TPSA) is 144 Å². The maximum Gasteiger partial charge on any atom is 0.196 e. The number of benzene rings is 1. The van der Waals surface area contributed by atoms with Gasteiger partial charge in [0.2, 0.25) is 0 Å². The van der Waals surface area contributed by atoms with Crippen molar-refractivity contribution >= 4 is 11.5 Å². The Morgan fingerprint density at radius 1 is 1.11 bits per heavy atom. The van der Waals surface area contributed by atoms with Gasteiger partial charge in [0.15, 0.2) is 5.78 Å². The van der Waals surface area contributed by atoms with Crippen molar-refractivity contribution in [3.63, 3.8) is 0 Å². The number of ketones is 1. The van der Waals surface area contributed by atoms with E-state index in [1.54, 1.807) is 6.07 Å². The van der Waals surface area contributed by atoms with Gasteiger partial charge in [-0.25, -0.2) is 0 Å². The van der Waals surface area contributed by atoms with Gasteiger partial charge in [-0.05, 0) is 12.1 Å². The van der Waals surface area contributed by atoms with Crippen LogP contribution in [0, 0.1) is 0 Å². The molecule has 0 amide bonds. The van der Waals surface area contributed by atoms with Crippen LogP contribution in [0.1, 0.15) is 10.4 Å². The lowest BCUT2D eigenvalue weighted by molar-refractivity contribution is -0.105. The number of nitrogen functional groups attached to an aromatic ring is 1. The first-order valence-electron chi connectivity index (χ1n) is 5.62. The number of hydrogen-bond donors (Lipinski definition) is 6. The van der Waals surface area contributed by atoms with Crippen molar-refractivity contribution in [2.75, 3.05) is 12.3 Å². The number of hydrogen-bond acceptors (Lipinski definition) is 7. The van der Waals surface area contributed by atoms with Crippen LogP contribution in [0.2, 0.25) is 0 Å². The van der Waals surface area contributed by atoms with Crippen molar-refractivity contribution in [3.05, 3.63) is 29.8 Å². The fourth-order valence-corrected chi connectivity index (χ4v) is 1.56. The zero-order chi connectivity index (χ0) is 14.6.